The Bertz CT molecular complexity index is 949. The van der Waals surface area contributed by atoms with Crippen molar-refractivity contribution in [2.24, 2.45) is 0 Å². The number of nitrogens with zero attached hydrogens (tertiary/aromatic N) is 2. The van der Waals surface area contributed by atoms with Gasteiger partial charge in [-0.05, 0) is 29.5 Å². The molecule has 0 N–H and O–H groups in total. The molecule has 7 heteroatoms. The Kier molecular flexibility index (Phi) is 5.79. The number of benzene rings is 2. The first-order chi connectivity index (χ1) is 14.6. The Balaban J connectivity index is 1.67. The zero-order chi connectivity index (χ0) is 21.1. The van der Waals surface area contributed by atoms with Gasteiger partial charge in [0, 0.05) is 6.54 Å². The maximum absolute atomic E-state index is 13.6. The molecule has 2 aromatic carbocycles. The molecule has 0 saturated carbocycles. The van der Waals surface area contributed by atoms with Crippen LogP contribution in [0.3, 0.4) is 0 Å². The van der Waals surface area contributed by atoms with Gasteiger partial charge in [0.15, 0.2) is 0 Å². The van der Waals surface area contributed by atoms with Gasteiger partial charge < -0.3 is 9.64 Å². The van der Waals surface area contributed by atoms with Crippen LogP contribution in [0.1, 0.15) is 29.2 Å². The van der Waals surface area contributed by atoms with Gasteiger partial charge in [0.1, 0.15) is 12.6 Å². The van der Waals surface area contributed by atoms with Crippen molar-refractivity contribution in [3.05, 3.63) is 71.3 Å². The molecule has 2 aromatic rings. The zero-order valence-electron chi connectivity index (χ0n) is 16.5. The van der Waals surface area contributed by atoms with E-state index >= 15 is 0 Å². The maximum atomic E-state index is 13.6. The Hall–Kier alpha value is -3.22. The van der Waals surface area contributed by atoms with Crippen LogP contribution in [-0.2, 0) is 27.2 Å². The highest BCUT2D eigenvalue weighted by Gasteiger charge is 2.46. The van der Waals surface area contributed by atoms with E-state index in [9.17, 15) is 18.8 Å². The minimum Gasteiger partial charge on any atom is -0.447 e. The SMILES string of the molecule is O=C1Cc2ccccc2C(C(=O)N2C(=O)OCC2Cc2ccccc2)N1CCCF. The fraction of sp³-hybridized carbons (Fsp3) is 0.348. The molecule has 2 heterocycles. The summed E-state index contributed by atoms with van der Waals surface area (Å²) in [5.74, 6) is -0.745. The molecule has 6 nitrogen and oxygen atoms in total. The normalized spacial score (nSPS) is 20.8. The zero-order valence-corrected chi connectivity index (χ0v) is 16.5. The van der Waals surface area contributed by atoms with Crippen LogP contribution in [0.25, 0.3) is 0 Å². The van der Waals surface area contributed by atoms with Gasteiger partial charge >= 0.3 is 6.09 Å². The van der Waals surface area contributed by atoms with Crippen LogP contribution in [-0.4, -0.2) is 53.6 Å². The first-order valence-electron chi connectivity index (χ1n) is 10.1. The summed E-state index contributed by atoms with van der Waals surface area (Å²) in [6, 6.07) is 15.3. The topological polar surface area (TPSA) is 66.9 Å². The lowest BCUT2D eigenvalue weighted by molar-refractivity contribution is -0.146. The van der Waals surface area contributed by atoms with Crippen molar-refractivity contribution in [3.8, 4) is 0 Å². The number of fused-ring (bicyclic) bond motifs is 1. The number of carbonyl (C=O) groups excluding carboxylic acids is 3. The lowest BCUT2D eigenvalue weighted by Crippen LogP contribution is -2.51. The highest BCUT2D eigenvalue weighted by molar-refractivity contribution is 6.00. The summed E-state index contributed by atoms with van der Waals surface area (Å²) >= 11 is 0. The molecule has 156 valence electrons. The molecule has 0 bridgehead atoms. The van der Waals surface area contributed by atoms with E-state index in [1.807, 2.05) is 42.5 Å². The van der Waals surface area contributed by atoms with Gasteiger partial charge in [-0.3, -0.25) is 14.0 Å². The summed E-state index contributed by atoms with van der Waals surface area (Å²) in [7, 11) is 0. The first kappa shape index (κ1) is 20.1. The maximum Gasteiger partial charge on any atom is 0.417 e. The smallest absolute Gasteiger partial charge is 0.417 e. The van der Waals surface area contributed by atoms with Crippen LogP contribution in [0.2, 0.25) is 0 Å². The standard InChI is InChI=1S/C23H23FN2O4/c24-11-6-12-25-20(27)14-17-9-4-5-10-19(17)21(25)22(28)26-18(15-30-23(26)29)13-16-7-2-1-3-8-16/h1-5,7-10,18,21H,6,11-15H2. The number of halogens is 1. The number of rotatable bonds is 6. The molecule has 1 fully saturated rings. The van der Waals surface area contributed by atoms with Gasteiger partial charge in [-0.25, -0.2) is 9.69 Å². The average molecular weight is 410 g/mol. The number of hydrogen-bond donors (Lipinski definition) is 0. The Labute approximate surface area is 174 Å². The van der Waals surface area contributed by atoms with E-state index in [2.05, 4.69) is 0 Å². The molecule has 0 radical (unpaired) electrons. The van der Waals surface area contributed by atoms with Crippen LogP contribution < -0.4 is 0 Å². The summed E-state index contributed by atoms with van der Waals surface area (Å²) in [5, 5.41) is 0. The summed E-state index contributed by atoms with van der Waals surface area (Å²) in [4.78, 5) is 41.4. The fourth-order valence-corrected chi connectivity index (χ4v) is 4.19. The Morgan fingerprint density at radius 1 is 1.07 bits per heavy atom. The molecule has 2 unspecified atom stereocenters. The summed E-state index contributed by atoms with van der Waals surface area (Å²) in [6.45, 7) is -0.368. The molecule has 2 atom stereocenters. The number of cyclic esters (lactones) is 1. The molecule has 0 spiro atoms. The van der Waals surface area contributed by atoms with Gasteiger partial charge in [0.25, 0.3) is 5.91 Å². The third-order valence-corrected chi connectivity index (χ3v) is 5.60. The molecular weight excluding hydrogens is 387 g/mol. The monoisotopic (exact) mass is 410 g/mol. The molecule has 0 aromatic heterocycles. The van der Waals surface area contributed by atoms with Crippen LogP contribution in [0.4, 0.5) is 9.18 Å². The number of ether oxygens (including phenoxy) is 1. The predicted octanol–water partition coefficient (Wildman–Crippen LogP) is 3.06. The minimum atomic E-state index is -0.960. The molecule has 2 aliphatic rings. The third kappa shape index (κ3) is 3.79. The van der Waals surface area contributed by atoms with E-state index in [0.29, 0.717) is 12.0 Å². The van der Waals surface area contributed by atoms with Crippen molar-refractivity contribution >= 4 is 17.9 Å². The lowest BCUT2D eigenvalue weighted by Gasteiger charge is -2.38. The lowest BCUT2D eigenvalue weighted by atomic mass is 9.90. The molecule has 30 heavy (non-hydrogen) atoms. The van der Waals surface area contributed by atoms with Crippen molar-refractivity contribution < 1.29 is 23.5 Å². The largest absolute Gasteiger partial charge is 0.447 e. The Morgan fingerprint density at radius 2 is 1.80 bits per heavy atom. The first-order valence-corrected chi connectivity index (χ1v) is 10.1. The highest BCUT2D eigenvalue weighted by atomic mass is 19.1. The third-order valence-electron chi connectivity index (χ3n) is 5.60. The number of hydrogen-bond acceptors (Lipinski definition) is 4. The molecular formula is C23H23FN2O4. The highest BCUT2D eigenvalue weighted by Crippen LogP contribution is 2.34. The van der Waals surface area contributed by atoms with E-state index in [-0.39, 0.29) is 31.9 Å². The summed E-state index contributed by atoms with van der Waals surface area (Å²) in [5.41, 5.74) is 2.41. The molecule has 3 amide bonds. The van der Waals surface area contributed by atoms with E-state index in [1.54, 1.807) is 12.1 Å². The van der Waals surface area contributed by atoms with Crippen molar-refractivity contribution in [2.45, 2.75) is 31.3 Å². The van der Waals surface area contributed by atoms with Crippen molar-refractivity contribution in [2.75, 3.05) is 19.8 Å². The van der Waals surface area contributed by atoms with Crippen molar-refractivity contribution in [1.29, 1.82) is 0 Å². The van der Waals surface area contributed by atoms with Crippen molar-refractivity contribution in [1.82, 2.24) is 9.80 Å². The predicted molar refractivity (Wildman–Crippen MR) is 107 cm³/mol. The molecule has 4 rings (SSSR count). The Morgan fingerprint density at radius 3 is 2.57 bits per heavy atom. The van der Waals surface area contributed by atoms with Crippen LogP contribution >= 0.6 is 0 Å². The van der Waals surface area contributed by atoms with E-state index < -0.39 is 30.8 Å². The second-order valence-corrected chi connectivity index (χ2v) is 7.54. The van der Waals surface area contributed by atoms with Gasteiger partial charge in [0.2, 0.25) is 5.91 Å². The van der Waals surface area contributed by atoms with Gasteiger partial charge in [-0.15, -0.1) is 0 Å². The summed E-state index contributed by atoms with van der Waals surface area (Å²) < 4.78 is 18.1. The number of alkyl halides is 1. The quantitative estimate of drug-likeness (QED) is 0.734. The minimum absolute atomic E-state index is 0.103. The second kappa shape index (κ2) is 8.65. The number of imide groups is 1. The van der Waals surface area contributed by atoms with E-state index in [1.165, 1.54) is 4.90 Å². The van der Waals surface area contributed by atoms with Gasteiger partial charge in [-0.1, -0.05) is 54.6 Å². The summed E-state index contributed by atoms with van der Waals surface area (Å²) in [6.07, 6.45) is 0.0482. The van der Waals surface area contributed by atoms with Crippen LogP contribution in [0, 0.1) is 0 Å². The molecule has 0 aliphatic carbocycles. The van der Waals surface area contributed by atoms with Crippen LogP contribution in [0.15, 0.2) is 54.6 Å². The number of carbonyl (C=O) groups is 3. The van der Waals surface area contributed by atoms with Crippen molar-refractivity contribution in [3.63, 3.8) is 0 Å². The van der Waals surface area contributed by atoms with Gasteiger partial charge in [0.05, 0.1) is 19.1 Å². The molecule has 1 saturated heterocycles. The van der Waals surface area contributed by atoms with E-state index in [4.69, 9.17) is 4.74 Å². The van der Waals surface area contributed by atoms with Gasteiger partial charge in [-0.2, -0.15) is 0 Å². The van der Waals surface area contributed by atoms with Crippen LogP contribution in [0.5, 0.6) is 0 Å². The van der Waals surface area contributed by atoms with E-state index in [0.717, 1.165) is 16.0 Å². The fourth-order valence-electron chi connectivity index (χ4n) is 4.19. The second-order valence-electron chi connectivity index (χ2n) is 7.54. The average Bonchev–Trinajstić information content (AvgIpc) is 3.12. The number of amides is 3. The molecule has 2 aliphatic heterocycles.